The molecule has 0 spiro atoms. The van der Waals surface area contributed by atoms with Crippen LogP contribution in [0.1, 0.15) is 38.2 Å². The summed E-state index contributed by atoms with van der Waals surface area (Å²) < 4.78 is 5.59. The number of ether oxygens (including phenoxy) is 1. The van der Waals surface area contributed by atoms with Gasteiger partial charge in [0.15, 0.2) is 5.96 Å². The number of hydrogen-bond donors (Lipinski definition) is 2. The Hall–Kier alpha value is -1.59. The van der Waals surface area contributed by atoms with Crippen LogP contribution in [-0.2, 0) is 11.2 Å². The van der Waals surface area contributed by atoms with E-state index in [1.165, 1.54) is 31.5 Å². The van der Waals surface area contributed by atoms with Crippen molar-refractivity contribution in [3.63, 3.8) is 0 Å². The summed E-state index contributed by atoms with van der Waals surface area (Å²) >= 11 is 0. The molecule has 0 aromatic heterocycles. The molecule has 2 aliphatic rings. The molecule has 3 N–H and O–H groups in total. The molecule has 2 saturated heterocycles. The maximum absolute atomic E-state index is 6.14. The third-order valence-corrected chi connectivity index (χ3v) is 5.38. The highest BCUT2D eigenvalue weighted by Gasteiger charge is 2.39. The normalized spacial score (nSPS) is 21.8. The second kappa shape index (κ2) is 7.99. The summed E-state index contributed by atoms with van der Waals surface area (Å²) in [5.74, 6) is 0.504. The monoisotopic (exact) mass is 330 g/mol. The van der Waals surface area contributed by atoms with Gasteiger partial charge in [0.05, 0.1) is 6.54 Å². The van der Waals surface area contributed by atoms with Gasteiger partial charge >= 0.3 is 0 Å². The first-order valence-electron chi connectivity index (χ1n) is 9.20. The molecule has 5 heteroatoms. The Labute approximate surface area is 145 Å². The van der Waals surface area contributed by atoms with Gasteiger partial charge in [0.1, 0.15) is 0 Å². The lowest BCUT2D eigenvalue weighted by molar-refractivity contribution is -0.0138. The van der Waals surface area contributed by atoms with Crippen LogP contribution in [0, 0.1) is 0 Å². The summed E-state index contributed by atoms with van der Waals surface area (Å²) in [6.45, 7) is 6.94. The van der Waals surface area contributed by atoms with E-state index in [-0.39, 0.29) is 5.54 Å². The van der Waals surface area contributed by atoms with Crippen LogP contribution in [0.2, 0.25) is 0 Å². The Morgan fingerprint density at radius 3 is 2.50 bits per heavy atom. The van der Waals surface area contributed by atoms with E-state index in [1.807, 2.05) is 0 Å². The van der Waals surface area contributed by atoms with Gasteiger partial charge in [0.25, 0.3) is 0 Å². The van der Waals surface area contributed by atoms with Crippen molar-refractivity contribution >= 4 is 11.6 Å². The van der Waals surface area contributed by atoms with Crippen molar-refractivity contribution in [1.29, 1.82) is 0 Å². The number of rotatable bonds is 5. The minimum atomic E-state index is 0.132. The van der Waals surface area contributed by atoms with Crippen molar-refractivity contribution in [3.05, 3.63) is 29.8 Å². The predicted molar refractivity (Wildman–Crippen MR) is 99.5 cm³/mol. The number of nitrogens with one attached hydrogen (secondary N) is 1. The molecular formula is C19H30N4O. The highest BCUT2D eigenvalue weighted by molar-refractivity contribution is 5.92. The topological polar surface area (TPSA) is 62.9 Å². The molecule has 0 saturated carbocycles. The van der Waals surface area contributed by atoms with Gasteiger partial charge in [-0.3, -0.25) is 9.89 Å². The molecule has 2 fully saturated rings. The van der Waals surface area contributed by atoms with Gasteiger partial charge in [-0.25, -0.2) is 0 Å². The van der Waals surface area contributed by atoms with Crippen LogP contribution in [-0.4, -0.2) is 49.2 Å². The molecule has 1 aromatic rings. The molecule has 0 unspecified atom stereocenters. The smallest absolute Gasteiger partial charge is 0.193 e. The van der Waals surface area contributed by atoms with Gasteiger partial charge < -0.3 is 15.8 Å². The van der Waals surface area contributed by atoms with E-state index < -0.39 is 0 Å². The number of nitrogens with zero attached hydrogens (tertiary/aromatic N) is 2. The molecule has 0 aliphatic carbocycles. The summed E-state index contributed by atoms with van der Waals surface area (Å²) in [5, 5.41) is 3.22. The van der Waals surface area contributed by atoms with Gasteiger partial charge in [0, 0.05) is 24.4 Å². The van der Waals surface area contributed by atoms with Gasteiger partial charge in [-0.2, -0.15) is 0 Å². The van der Waals surface area contributed by atoms with E-state index >= 15 is 0 Å². The van der Waals surface area contributed by atoms with E-state index in [9.17, 15) is 0 Å². The summed E-state index contributed by atoms with van der Waals surface area (Å²) in [6.07, 6.45) is 5.74. The fourth-order valence-electron chi connectivity index (χ4n) is 3.76. The van der Waals surface area contributed by atoms with Crippen LogP contribution in [0.4, 0.5) is 5.69 Å². The first-order chi connectivity index (χ1) is 11.7. The van der Waals surface area contributed by atoms with Crippen LogP contribution < -0.4 is 11.1 Å². The van der Waals surface area contributed by atoms with Crippen LogP contribution in [0.25, 0.3) is 0 Å². The third-order valence-electron chi connectivity index (χ3n) is 5.38. The molecule has 24 heavy (non-hydrogen) atoms. The van der Waals surface area contributed by atoms with Gasteiger partial charge in [-0.05, 0) is 62.9 Å². The highest BCUT2D eigenvalue weighted by Crippen LogP contribution is 2.31. The Bertz CT molecular complexity index is 543. The summed E-state index contributed by atoms with van der Waals surface area (Å²) in [5.41, 5.74) is 8.59. The third kappa shape index (κ3) is 4.08. The molecule has 132 valence electrons. The number of anilines is 1. The Morgan fingerprint density at radius 2 is 1.88 bits per heavy atom. The molecular weight excluding hydrogens is 300 g/mol. The van der Waals surface area contributed by atoms with Gasteiger partial charge in [0.2, 0.25) is 0 Å². The van der Waals surface area contributed by atoms with E-state index in [0.717, 1.165) is 44.7 Å². The minimum absolute atomic E-state index is 0.132. The minimum Gasteiger partial charge on any atom is -0.381 e. The van der Waals surface area contributed by atoms with Crippen LogP contribution in [0.3, 0.4) is 0 Å². The fourth-order valence-corrected chi connectivity index (χ4v) is 3.76. The second-order valence-electron chi connectivity index (χ2n) is 6.91. The number of aryl methyl sites for hydroxylation is 1. The van der Waals surface area contributed by atoms with Crippen molar-refractivity contribution < 1.29 is 4.74 Å². The molecule has 0 atom stereocenters. The number of likely N-dealkylation sites (tertiary alicyclic amines) is 1. The SMILES string of the molecule is CCc1ccc(NC(N)=NCC2(N3CCCC3)CCOCC2)cc1. The molecule has 0 amide bonds. The van der Waals surface area contributed by atoms with E-state index in [2.05, 4.69) is 46.4 Å². The summed E-state index contributed by atoms with van der Waals surface area (Å²) in [6, 6.07) is 8.37. The molecule has 2 heterocycles. The maximum Gasteiger partial charge on any atom is 0.193 e. The van der Waals surface area contributed by atoms with E-state index in [1.54, 1.807) is 0 Å². The number of nitrogens with two attached hydrogens (primary N) is 1. The number of benzene rings is 1. The molecule has 3 rings (SSSR count). The highest BCUT2D eigenvalue weighted by atomic mass is 16.5. The van der Waals surface area contributed by atoms with Gasteiger partial charge in [-0.1, -0.05) is 19.1 Å². The zero-order valence-corrected chi connectivity index (χ0v) is 14.8. The van der Waals surface area contributed by atoms with Crippen molar-refractivity contribution in [1.82, 2.24) is 4.90 Å². The average Bonchev–Trinajstić information content (AvgIpc) is 3.17. The first-order valence-corrected chi connectivity index (χ1v) is 9.20. The molecule has 0 radical (unpaired) electrons. The average molecular weight is 330 g/mol. The van der Waals surface area contributed by atoms with Gasteiger partial charge in [-0.15, -0.1) is 0 Å². The van der Waals surface area contributed by atoms with Crippen LogP contribution in [0.15, 0.2) is 29.3 Å². The summed E-state index contributed by atoms with van der Waals surface area (Å²) in [7, 11) is 0. The lowest BCUT2D eigenvalue weighted by atomic mass is 9.88. The zero-order chi connectivity index (χ0) is 16.8. The predicted octanol–water partition coefficient (Wildman–Crippen LogP) is 2.62. The zero-order valence-electron chi connectivity index (χ0n) is 14.8. The van der Waals surface area contributed by atoms with Crippen molar-refractivity contribution in [2.24, 2.45) is 10.7 Å². The lowest BCUT2D eigenvalue weighted by Crippen LogP contribution is -2.53. The van der Waals surface area contributed by atoms with Crippen molar-refractivity contribution in [3.8, 4) is 0 Å². The number of hydrogen-bond acceptors (Lipinski definition) is 3. The molecule has 5 nitrogen and oxygen atoms in total. The lowest BCUT2D eigenvalue weighted by Gasteiger charge is -2.43. The van der Waals surface area contributed by atoms with E-state index in [4.69, 9.17) is 10.5 Å². The second-order valence-corrected chi connectivity index (χ2v) is 6.91. The number of guanidine groups is 1. The summed E-state index contributed by atoms with van der Waals surface area (Å²) in [4.78, 5) is 7.30. The van der Waals surface area contributed by atoms with Crippen LogP contribution in [0.5, 0.6) is 0 Å². The van der Waals surface area contributed by atoms with Crippen molar-refractivity contribution in [2.45, 2.75) is 44.6 Å². The fraction of sp³-hybridized carbons (Fsp3) is 0.632. The standard InChI is InChI=1S/C19H30N4O/c1-2-16-5-7-17(8-6-16)22-18(20)21-15-19(9-13-24-14-10-19)23-11-3-4-12-23/h5-8H,2-4,9-15H2,1H3,(H3,20,21,22). The largest absolute Gasteiger partial charge is 0.381 e. The first kappa shape index (κ1) is 17.2. The Kier molecular flexibility index (Phi) is 5.74. The quantitative estimate of drug-likeness (QED) is 0.643. The molecule has 0 bridgehead atoms. The van der Waals surface area contributed by atoms with Crippen LogP contribution >= 0.6 is 0 Å². The van der Waals surface area contributed by atoms with Crippen molar-refractivity contribution in [2.75, 3.05) is 38.2 Å². The molecule has 1 aromatic carbocycles. The Balaban J connectivity index is 1.64. The maximum atomic E-state index is 6.14. The molecule has 2 aliphatic heterocycles. The van der Waals surface area contributed by atoms with E-state index in [0.29, 0.717) is 5.96 Å². The Morgan fingerprint density at radius 1 is 1.21 bits per heavy atom. The number of aliphatic imine (C=N–C) groups is 1.